The molecule has 0 saturated carbocycles. The van der Waals surface area contributed by atoms with E-state index >= 15 is 0 Å². The van der Waals surface area contributed by atoms with E-state index in [9.17, 15) is 14.9 Å². The molecule has 1 amide bonds. The molecule has 0 spiro atoms. The zero-order valence-electron chi connectivity index (χ0n) is 19.2. The largest absolute Gasteiger partial charge is 0.496 e. The molecule has 0 bridgehead atoms. The predicted octanol–water partition coefficient (Wildman–Crippen LogP) is 4.43. The highest BCUT2D eigenvalue weighted by molar-refractivity contribution is 6.30. The van der Waals surface area contributed by atoms with Crippen LogP contribution in [0.4, 0.5) is 0 Å². The maximum atomic E-state index is 13.5. The van der Waals surface area contributed by atoms with Gasteiger partial charge < -0.3 is 10.5 Å². The highest BCUT2D eigenvalue weighted by Crippen LogP contribution is 2.49. The first-order chi connectivity index (χ1) is 16.2. The number of benzene rings is 2. The molecule has 2 aliphatic rings. The Balaban J connectivity index is 1.88. The molecule has 0 aromatic heterocycles. The van der Waals surface area contributed by atoms with Crippen molar-refractivity contribution in [3.05, 3.63) is 87.3 Å². The monoisotopic (exact) mass is 476 g/mol. The summed E-state index contributed by atoms with van der Waals surface area (Å²) in [4.78, 5) is 26.6. The average molecular weight is 477 g/mol. The van der Waals surface area contributed by atoms with E-state index in [-0.39, 0.29) is 22.6 Å². The quantitative estimate of drug-likeness (QED) is 0.675. The Kier molecular flexibility index (Phi) is 6.11. The Hall–Kier alpha value is -3.76. The van der Waals surface area contributed by atoms with E-state index in [4.69, 9.17) is 22.1 Å². The van der Waals surface area contributed by atoms with Crippen molar-refractivity contribution < 1.29 is 14.3 Å². The van der Waals surface area contributed by atoms with Crippen molar-refractivity contribution in [1.82, 2.24) is 10.4 Å². The molecule has 0 fully saturated rings. The van der Waals surface area contributed by atoms with Crippen LogP contribution in [0.5, 0.6) is 5.75 Å². The molecule has 34 heavy (non-hydrogen) atoms. The van der Waals surface area contributed by atoms with Gasteiger partial charge in [-0.1, -0.05) is 43.6 Å². The number of nitrogens with two attached hydrogens (primary N) is 1. The standard InChI is InChI=1S/C26H25ClN4O3/c1-26(2)12-19-23(20(32)13-26)22(17-6-4-5-7-21(17)34-3)18(14-28)24(29)31(19)30-25(33)15-8-10-16(27)11-9-15/h4-11,22H,12-13,29H2,1-3H3,(H,30,33). The zero-order chi connectivity index (χ0) is 24.6. The van der Waals surface area contributed by atoms with E-state index < -0.39 is 11.8 Å². The molecule has 2 aromatic carbocycles. The molecule has 1 unspecified atom stereocenters. The first-order valence-corrected chi connectivity index (χ1v) is 11.2. The SMILES string of the molecule is COc1ccccc1C1C(C#N)=C(N)N(NC(=O)c2ccc(Cl)cc2)C2=C1C(=O)CC(C)(C)C2. The number of rotatable bonds is 4. The number of nitrogens with zero attached hydrogens (tertiary/aromatic N) is 2. The van der Waals surface area contributed by atoms with Crippen molar-refractivity contribution in [2.75, 3.05) is 7.11 Å². The van der Waals surface area contributed by atoms with Gasteiger partial charge in [0.2, 0.25) is 0 Å². The van der Waals surface area contributed by atoms with Gasteiger partial charge in [0.05, 0.1) is 30.4 Å². The first kappa shape index (κ1) is 23.4. The number of amides is 1. The Morgan fingerprint density at radius 1 is 1.21 bits per heavy atom. The fraction of sp³-hybridized carbons (Fsp3) is 0.269. The summed E-state index contributed by atoms with van der Waals surface area (Å²) >= 11 is 5.95. The summed E-state index contributed by atoms with van der Waals surface area (Å²) in [6, 6.07) is 15.9. The van der Waals surface area contributed by atoms with Crippen LogP contribution in [0.3, 0.4) is 0 Å². The molecular formula is C26H25ClN4O3. The number of ketones is 1. The Labute approximate surface area is 203 Å². The van der Waals surface area contributed by atoms with Crippen molar-refractivity contribution in [3.63, 3.8) is 0 Å². The van der Waals surface area contributed by atoms with Crippen molar-refractivity contribution in [2.24, 2.45) is 11.1 Å². The van der Waals surface area contributed by atoms with Crippen LogP contribution in [0, 0.1) is 16.7 Å². The number of hydrogen-bond donors (Lipinski definition) is 2. The van der Waals surface area contributed by atoms with Crippen molar-refractivity contribution in [1.29, 1.82) is 5.26 Å². The van der Waals surface area contributed by atoms with E-state index in [0.29, 0.717) is 46.0 Å². The normalized spacial score (nSPS) is 19.4. The van der Waals surface area contributed by atoms with Crippen LogP contribution in [0.25, 0.3) is 0 Å². The minimum atomic E-state index is -0.691. The highest BCUT2D eigenvalue weighted by atomic mass is 35.5. The first-order valence-electron chi connectivity index (χ1n) is 10.8. The summed E-state index contributed by atoms with van der Waals surface area (Å²) < 4.78 is 5.54. The van der Waals surface area contributed by atoms with Crippen molar-refractivity contribution in [2.45, 2.75) is 32.6 Å². The fourth-order valence-electron chi connectivity index (χ4n) is 4.62. The minimum Gasteiger partial charge on any atom is -0.496 e. The van der Waals surface area contributed by atoms with E-state index in [2.05, 4.69) is 11.5 Å². The van der Waals surface area contributed by atoms with Gasteiger partial charge in [-0.2, -0.15) is 5.26 Å². The number of halogens is 1. The number of carbonyl (C=O) groups is 2. The number of nitrogens with one attached hydrogen (secondary N) is 1. The molecule has 1 heterocycles. The van der Waals surface area contributed by atoms with Gasteiger partial charge in [-0.3, -0.25) is 15.0 Å². The second-order valence-corrected chi connectivity index (χ2v) is 9.61. The summed E-state index contributed by atoms with van der Waals surface area (Å²) in [5.41, 5.74) is 11.2. The lowest BCUT2D eigenvalue weighted by atomic mass is 9.69. The lowest BCUT2D eigenvalue weighted by Crippen LogP contribution is -2.49. The third-order valence-electron chi connectivity index (χ3n) is 6.15. The molecule has 174 valence electrons. The number of allylic oxidation sites excluding steroid dienone is 3. The average Bonchev–Trinajstić information content (AvgIpc) is 2.80. The van der Waals surface area contributed by atoms with E-state index in [1.54, 1.807) is 37.4 Å². The summed E-state index contributed by atoms with van der Waals surface area (Å²) in [6.45, 7) is 3.98. The topological polar surface area (TPSA) is 108 Å². The van der Waals surface area contributed by atoms with Crippen molar-refractivity contribution in [3.8, 4) is 11.8 Å². The lowest BCUT2D eigenvalue weighted by molar-refractivity contribution is -0.118. The molecule has 3 N–H and O–H groups in total. The Morgan fingerprint density at radius 2 is 1.88 bits per heavy atom. The van der Waals surface area contributed by atoms with Gasteiger partial charge in [0.15, 0.2) is 5.78 Å². The Bertz CT molecular complexity index is 1270. The Morgan fingerprint density at radius 3 is 2.53 bits per heavy atom. The molecule has 1 aliphatic heterocycles. The summed E-state index contributed by atoms with van der Waals surface area (Å²) in [7, 11) is 1.54. The fourth-order valence-corrected chi connectivity index (χ4v) is 4.75. The number of hydrogen-bond acceptors (Lipinski definition) is 6. The van der Waals surface area contributed by atoms with Gasteiger partial charge in [0.25, 0.3) is 5.91 Å². The van der Waals surface area contributed by atoms with Gasteiger partial charge >= 0.3 is 0 Å². The van der Waals surface area contributed by atoms with Crippen LogP contribution in [0.2, 0.25) is 5.02 Å². The molecule has 8 heteroatoms. The molecule has 0 radical (unpaired) electrons. The number of Topliss-reactive ketones (excluding diaryl/α,β-unsaturated/α-hetero) is 1. The number of ether oxygens (including phenoxy) is 1. The van der Waals surface area contributed by atoms with Crippen LogP contribution >= 0.6 is 11.6 Å². The second kappa shape index (κ2) is 8.88. The summed E-state index contributed by atoms with van der Waals surface area (Å²) in [5.74, 6) is -0.590. The highest BCUT2D eigenvalue weighted by Gasteiger charge is 2.45. The maximum absolute atomic E-state index is 13.5. The minimum absolute atomic E-state index is 0.0740. The summed E-state index contributed by atoms with van der Waals surface area (Å²) in [6.07, 6.45) is 0.801. The number of hydrazine groups is 1. The van der Waals surface area contributed by atoms with Crippen LogP contribution in [-0.2, 0) is 4.79 Å². The zero-order valence-corrected chi connectivity index (χ0v) is 19.9. The molecule has 1 aliphatic carbocycles. The smallest absolute Gasteiger partial charge is 0.270 e. The van der Waals surface area contributed by atoms with Gasteiger partial charge in [-0.25, -0.2) is 5.01 Å². The van der Waals surface area contributed by atoms with Crippen LogP contribution in [-0.4, -0.2) is 23.8 Å². The molecule has 0 saturated heterocycles. The van der Waals surface area contributed by atoms with Crippen LogP contribution in [0.15, 0.2) is 71.2 Å². The van der Waals surface area contributed by atoms with Gasteiger partial charge in [-0.15, -0.1) is 0 Å². The molecular weight excluding hydrogens is 452 g/mol. The maximum Gasteiger partial charge on any atom is 0.270 e. The van der Waals surface area contributed by atoms with Gasteiger partial charge in [0.1, 0.15) is 11.6 Å². The van der Waals surface area contributed by atoms with Gasteiger partial charge in [-0.05, 0) is 42.2 Å². The number of methoxy groups -OCH3 is 1. The number of nitriles is 1. The molecule has 7 nitrogen and oxygen atoms in total. The van der Waals surface area contributed by atoms with Crippen LogP contribution < -0.4 is 15.9 Å². The third-order valence-corrected chi connectivity index (χ3v) is 6.40. The predicted molar refractivity (Wildman–Crippen MR) is 128 cm³/mol. The molecule has 4 rings (SSSR count). The third kappa shape index (κ3) is 4.13. The second-order valence-electron chi connectivity index (χ2n) is 9.17. The van der Waals surface area contributed by atoms with E-state index in [0.717, 1.165) is 0 Å². The van der Waals surface area contributed by atoms with Crippen LogP contribution in [0.1, 0.15) is 48.5 Å². The van der Waals surface area contributed by atoms with E-state index in [1.165, 1.54) is 5.01 Å². The molecule has 1 atom stereocenters. The number of carbonyl (C=O) groups excluding carboxylic acids is 2. The van der Waals surface area contributed by atoms with Crippen molar-refractivity contribution >= 4 is 23.3 Å². The summed E-state index contributed by atoms with van der Waals surface area (Å²) in [5, 5.41) is 12.0. The van der Waals surface area contributed by atoms with Gasteiger partial charge in [0, 0.05) is 28.1 Å². The van der Waals surface area contributed by atoms with E-state index in [1.807, 2.05) is 32.0 Å². The lowest BCUT2D eigenvalue weighted by Gasteiger charge is -2.43. The number of para-hydroxylation sites is 1. The molecule has 2 aromatic rings.